The van der Waals surface area contributed by atoms with Gasteiger partial charge in [0, 0.05) is 6.04 Å². The first-order valence-electron chi connectivity index (χ1n) is 6.17. The molecule has 1 atom stereocenters. The van der Waals surface area contributed by atoms with Crippen molar-refractivity contribution < 1.29 is 4.79 Å². The molecule has 19 heavy (non-hydrogen) atoms. The molecule has 0 aromatic heterocycles. The van der Waals surface area contributed by atoms with Gasteiger partial charge in [0.2, 0.25) is 5.91 Å². The highest BCUT2D eigenvalue weighted by Crippen LogP contribution is 2.19. The van der Waals surface area contributed by atoms with E-state index in [1.807, 2.05) is 37.9 Å². The van der Waals surface area contributed by atoms with Crippen molar-refractivity contribution in [3.63, 3.8) is 0 Å². The first-order chi connectivity index (χ1) is 8.93. The van der Waals surface area contributed by atoms with Gasteiger partial charge in [-0.25, -0.2) is 0 Å². The summed E-state index contributed by atoms with van der Waals surface area (Å²) in [6.45, 7) is 4.09. The Morgan fingerprint density at radius 2 is 2.26 bits per heavy atom. The lowest BCUT2D eigenvalue weighted by Crippen LogP contribution is -2.36. The molecule has 0 saturated heterocycles. The summed E-state index contributed by atoms with van der Waals surface area (Å²) in [7, 11) is 1.82. The number of aryl methyl sites for hydroxylation is 1. The molecule has 0 saturated carbocycles. The number of carbonyl (C=O) groups excluding carboxylic acids is 1. The molecule has 1 unspecified atom stereocenters. The van der Waals surface area contributed by atoms with Crippen LogP contribution >= 0.6 is 0 Å². The summed E-state index contributed by atoms with van der Waals surface area (Å²) in [5.74, 6) is -0.136. The molecule has 102 valence electrons. The summed E-state index contributed by atoms with van der Waals surface area (Å²) < 4.78 is 0. The van der Waals surface area contributed by atoms with Crippen LogP contribution in [0.25, 0.3) is 0 Å². The van der Waals surface area contributed by atoms with E-state index in [4.69, 9.17) is 11.0 Å². The second-order valence-corrected chi connectivity index (χ2v) is 4.77. The monoisotopic (exact) mass is 260 g/mol. The van der Waals surface area contributed by atoms with Gasteiger partial charge in [-0.3, -0.25) is 9.69 Å². The van der Waals surface area contributed by atoms with Gasteiger partial charge in [0.1, 0.15) is 0 Å². The number of amides is 1. The van der Waals surface area contributed by atoms with Crippen molar-refractivity contribution in [1.82, 2.24) is 4.90 Å². The Labute approximate surface area is 114 Å². The van der Waals surface area contributed by atoms with Crippen LogP contribution in [0.15, 0.2) is 18.2 Å². The van der Waals surface area contributed by atoms with Crippen molar-refractivity contribution in [2.75, 3.05) is 24.6 Å². The lowest BCUT2D eigenvalue weighted by atomic mass is 10.2. The van der Waals surface area contributed by atoms with Crippen LogP contribution in [0.3, 0.4) is 0 Å². The van der Waals surface area contributed by atoms with E-state index in [2.05, 4.69) is 11.4 Å². The number of nitriles is 1. The molecule has 1 aromatic rings. The molecule has 1 aromatic carbocycles. The molecule has 0 spiro atoms. The third-order valence-corrected chi connectivity index (χ3v) is 3.01. The lowest BCUT2D eigenvalue weighted by molar-refractivity contribution is -0.117. The van der Waals surface area contributed by atoms with E-state index in [0.717, 1.165) is 5.56 Å². The number of nitrogen functional groups attached to an aromatic ring is 1. The minimum atomic E-state index is -0.136. The van der Waals surface area contributed by atoms with Crippen molar-refractivity contribution in [3.8, 4) is 6.07 Å². The van der Waals surface area contributed by atoms with Crippen molar-refractivity contribution in [1.29, 1.82) is 5.26 Å². The summed E-state index contributed by atoms with van der Waals surface area (Å²) in [5.41, 5.74) is 8.07. The van der Waals surface area contributed by atoms with Gasteiger partial charge in [-0.2, -0.15) is 5.26 Å². The molecular formula is C14H20N4O. The van der Waals surface area contributed by atoms with Gasteiger partial charge in [-0.1, -0.05) is 6.07 Å². The number of benzene rings is 1. The predicted molar refractivity (Wildman–Crippen MR) is 76.5 cm³/mol. The topological polar surface area (TPSA) is 82.2 Å². The summed E-state index contributed by atoms with van der Waals surface area (Å²) in [6, 6.07) is 7.65. The minimum absolute atomic E-state index is 0.0473. The maximum atomic E-state index is 11.9. The minimum Gasteiger partial charge on any atom is -0.397 e. The van der Waals surface area contributed by atoms with E-state index in [-0.39, 0.29) is 18.5 Å². The fraction of sp³-hybridized carbons (Fsp3) is 0.429. The number of rotatable bonds is 5. The van der Waals surface area contributed by atoms with Gasteiger partial charge >= 0.3 is 0 Å². The van der Waals surface area contributed by atoms with Crippen LogP contribution in [0.5, 0.6) is 0 Å². The second-order valence-electron chi connectivity index (χ2n) is 4.77. The Morgan fingerprint density at radius 3 is 2.84 bits per heavy atom. The molecule has 0 radical (unpaired) electrons. The van der Waals surface area contributed by atoms with E-state index in [9.17, 15) is 4.79 Å². The van der Waals surface area contributed by atoms with Crippen LogP contribution in [0.2, 0.25) is 0 Å². The Kier molecular flexibility index (Phi) is 5.34. The van der Waals surface area contributed by atoms with Crippen molar-refractivity contribution in [2.45, 2.75) is 26.3 Å². The van der Waals surface area contributed by atoms with Crippen LogP contribution in [0.1, 0.15) is 18.9 Å². The highest BCUT2D eigenvalue weighted by molar-refractivity contribution is 5.95. The molecule has 5 heteroatoms. The lowest BCUT2D eigenvalue weighted by Gasteiger charge is -2.22. The largest absolute Gasteiger partial charge is 0.397 e. The van der Waals surface area contributed by atoms with E-state index >= 15 is 0 Å². The van der Waals surface area contributed by atoms with Crippen molar-refractivity contribution in [2.24, 2.45) is 0 Å². The summed E-state index contributed by atoms with van der Waals surface area (Å²) in [6.07, 6.45) is 0.399. The second kappa shape index (κ2) is 6.76. The summed E-state index contributed by atoms with van der Waals surface area (Å²) >= 11 is 0. The number of carbonyl (C=O) groups is 1. The number of nitrogens with zero attached hydrogens (tertiary/aromatic N) is 2. The number of nitrogens with two attached hydrogens (primary N) is 1. The van der Waals surface area contributed by atoms with Crippen molar-refractivity contribution in [3.05, 3.63) is 23.8 Å². The first-order valence-corrected chi connectivity index (χ1v) is 6.17. The SMILES string of the molecule is Cc1ccc(NC(=O)CN(C)C(C)CC#N)c(N)c1. The van der Waals surface area contributed by atoms with E-state index < -0.39 is 0 Å². The highest BCUT2D eigenvalue weighted by Gasteiger charge is 2.13. The Hall–Kier alpha value is -2.06. The molecule has 0 fully saturated rings. The fourth-order valence-electron chi connectivity index (χ4n) is 1.66. The normalized spacial score (nSPS) is 11.9. The molecule has 0 bridgehead atoms. The third kappa shape index (κ3) is 4.60. The number of nitrogens with one attached hydrogen (secondary N) is 1. The van der Waals surface area contributed by atoms with Gasteiger partial charge in [0.15, 0.2) is 0 Å². The zero-order valence-corrected chi connectivity index (χ0v) is 11.6. The van der Waals surface area contributed by atoms with Crippen LogP contribution in [0, 0.1) is 18.3 Å². The van der Waals surface area contributed by atoms with Gasteiger partial charge in [0.25, 0.3) is 0 Å². The fourth-order valence-corrected chi connectivity index (χ4v) is 1.66. The first kappa shape index (κ1) is 15.0. The molecule has 1 rings (SSSR count). The van der Waals surface area contributed by atoms with Gasteiger partial charge in [0.05, 0.1) is 30.4 Å². The maximum absolute atomic E-state index is 11.9. The smallest absolute Gasteiger partial charge is 0.238 e. The van der Waals surface area contributed by atoms with Gasteiger partial charge in [-0.05, 0) is 38.6 Å². The molecular weight excluding hydrogens is 240 g/mol. The summed E-state index contributed by atoms with van der Waals surface area (Å²) in [4.78, 5) is 13.7. The quantitative estimate of drug-likeness (QED) is 0.790. The number of hydrogen-bond acceptors (Lipinski definition) is 4. The molecule has 3 N–H and O–H groups in total. The zero-order valence-electron chi connectivity index (χ0n) is 11.6. The average molecular weight is 260 g/mol. The van der Waals surface area contributed by atoms with Crippen LogP contribution in [0.4, 0.5) is 11.4 Å². The number of anilines is 2. The zero-order chi connectivity index (χ0) is 14.4. The maximum Gasteiger partial charge on any atom is 0.238 e. The molecule has 0 aliphatic rings. The molecule has 5 nitrogen and oxygen atoms in total. The van der Waals surface area contributed by atoms with E-state index in [0.29, 0.717) is 17.8 Å². The van der Waals surface area contributed by atoms with Crippen molar-refractivity contribution >= 4 is 17.3 Å². The van der Waals surface area contributed by atoms with Crippen LogP contribution in [-0.2, 0) is 4.79 Å². The Bertz CT molecular complexity index is 493. The van der Waals surface area contributed by atoms with Gasteiger partial charge < -0.3 is 11.1 Å². The van der Waals surface area contributed by atoms with E-state index in [1.54, 1.807) is 6.07 Å². The molecule has 0 heterocycles. The Morgan fingerprint density at radius 1 is 1.58 bits per heavy atom. The highest BCUT2D eigenvalue weighted by atomic mass is 16.2. The van der Waals surface area contributed by atoms with Crippen LogP contribution in [-0.4, -0.2) is 30.4 Å². The average Bonchev–Trinajstić information content (AvgIpc) is 2.33. The molecule has 1 amide bonds. The van der Waals surface area contributed by atoms with Gasteiger partial charge in [-0.15, -0.1) is 0 Å². The standard InChI is InChI=1S/C14H20N4O/c1-10-4-5-13(12(16)8-10)17-14(19)9-18(3)11(2)6-7-15/h4-5,8,11H,6,9,16H2,1-3H3,(H,17,19). The molecule has 0 aliphatic carbocycles. The predicted octanol–water partition coefficient (Wildman–Crippen LogP) is 1.75. The number of hydrogen-bond donors (Lipinski definition) is 2. The van der Waals surface area contributed by atoms with E-state index in [1.165, 1.54) is 0 Å². The van der Waals surface area contributed by atoms with Crippen LogP contribution < -0.4 is 11.1 Å². The Balaban J connectivity index is 2.58. The molecule has 0 aliphatic heterocycles. The third-order valence-electron chi connectivity index (χ3n) is 3.01. The summed E-state index contributed by atoms with van der Waals surface area (Å²) in [5, 5.41) is 11.4. The number of likely N-dealkylation sites (N-methyl/N-ethyl adjacent to an activating group) is 1.